The molecule has 106 valence electrons. The molecule has 0 aliphatic carbocycles. The first kappa shape index (κ1) is 14.1. The Kier molecular flexibility index (Phi) is 3.94. The molecule has 5 nitrogen and oxygen atoms in total. The number of hydrogen-bond acceptors (Lipinski definition) is 5. The van der Waals surface area contributed by atoms with Gasteiger partial charge in [-0.25, -0.2) is 15.8 Å². The van der Waals surface area contributed by atoms with Crippen molar-refractivity contribution in [3.63, 3.8) is 0 Å². The molecule has 0 radical (unpaired) electrons. The molecule has 0 unspecified atom stereocenters. The molecule has 0 amide bonds. The zero-order chi connectivity index (χ0) is 14.0. The minimum Gasteiger partial charge on any atom is -0.356 e. The highest BCUT2D eigenvalue weighted by Crippen LogP contribution is 2.39. The Morgan fingerprint density at radius 3 is 2.47 bits per heavy atom. The van der Waals surface area contributed by atoms with Gasteiger partial charge in [-0.1, -0.05) is 13.8 Å². The summed E-state index contributed by atoms with van der Waals surface area (Å²) in [5.41, 5.74) is 4.15. The molecule has 0 atom stereocenters. The first-order valence-corrected chi connectivity index (χ1v) is 7.12. The van der Waals surface area contributed by atoms with Crippen molar-refractivity contribution in [2.45, 2.75) is 47.0 Å². The molecule has 5 heteroatoms. The normalized spacial score (nSPS) is 17.8. The van der Waals surface area contributed by atoms with Gasteiger partial charge < -0.3 is 10.3 Å². The molecular weight excluding hydrogens is 238 g/mol. The van der Waals surface area contributed by atoms with Crippen molar-refractivity contribution in [3.8, 4) is 0 Å². The summed E-state index contributed by atoms with van der Waals surface area (Å²) >= 11 is 0. The van der Waals surface area contributed by atoms with Crippen molar-refractivity contribution in [3.05, 3.63) is 11.4 Å². The lowest BCUT2D eigenvalue weighted by Crippen LogP contribution is -2.28. The molecule has 1 aromatic heterocycles. The monoisotopic (exact) mass is 263 g/mol. The molecule has 1 aliphatic heterocycles. The molecule has 19 heavy (non-hydrogen) atoms. The third-order valence-electron chi connectivity index (χ3n) is 4.61. The van der Waals surface area contributed by atoms with Gasteiger partial charge in [0.15, 0.2) is 0 Å². The Balaban J connectivity index is 2.31. The van der Waals surface area contributed by atoms with E-state index in [9.17, 15) is 0 Å². The summed E-state index contributed by atoms with van der Waals surface area (Å²) in [6, 6.07) is 0. The summed E-state index contributed by atoms with van der Waals surface area (Å²) in [6.45, 7) is 10.7. The number of nitrogens with two attached hydrogens (primary N) is 1. The van der Waals surface area contributed by atoms with Crippen molar-refractivity contribution in [2.75, 3.05) is 23.4 Å². The molecular formula is C14H25N5. The minimum atomic E-state index is 0.446. The van der Waals surface area contributed by atoms with Gasteiger partial charge in [-0.15, -0.1) is 0 Å². The molecule has 0 aromatic carbocycles. The number of anilines is 2. The molecule has 0 bridgehead atoms. The number of hydrazine groups is 1. The lowest BCUT2D eigenvalue weighted by Gasteiger charge is -2.27. The van der Waals surface area contributed by atoms with Crippen molar-refractivity contribution >= 4 is 11.6 Å². The maximum Gasteiger partial charge on any atom is 0.148 e. The van der Waals surface area contributed by atoms with E-state index in [1.54, 1.807) is 0 Å². The van der Waals surface area contributed by atoms with E-state index >= 15 is 0 Å². The molecule has 3 N–H and O–H groups in total. The SMILES string of the molecule is CCC1(CC)CCN(c2nc(C)nc(NN)c2C)C1. The van der Waals surface area contributed by atoms with E-state index in [1.165, 1.54) is 19.3 Å². The van der Waals surface area contributed by atoms with Crippen LogP contribution < -0.4 is 16.2 Å². The summed E-state index contributed by atoms with van der Waals surface area (Å²) in [5, 5.41) is 0. The first-order chi connectivity index (χ1) is 9.05. The van der Waals surface area contributed by atoms with Crippen LogP contribution in [0.1, 0.15) is 44.5 Å². The van der Waals surface area contributed by atoms with Crippen molar-refractivity contribution in [2.24, 2.45) is 11.3 Å². The van der Waals surface area contributed by atoms with Crippen LogP contribution in [0.2, 0.25) is 0 Å². The van der Waals surface area contributed by atoms with Gasteiger partial charge in [0, 0.05) is 18.7 Å². The summed E-state index contributed by atoms with van der Waals surface area (Å²) in [4.78, 5) is 11.3. The van der Waals surface area contributed by atoms with E-state index in [0.717, 1.165) is 36.1 Å². The van der Waals surface area contributed by atoms with Gasteiger partial charge in [-0.2, -0.15) is 0 Å². The third kappa shape index (κ3) is 2.52. The molecule has 0 spiro atoms. The average molecular weight is 263 g/mol. The highest BCUT2D eigenvalue weighted by molar-refractivity contribution is 5.58. The fraction of sp³-hybridized carbons (Fsp3) is 0.714. The van der Waals surface area contributed by atoms with Crippen LogP contribution in [0.3, 0.4) is 0 Å². The standard InChI is InChI=1S/C14H25N5/c1-5-14(6-2)7-8-19(9-14)13-10(3)12(18-15)16-11(4)17-13/h5-9,15H2,1-4H3,(H,16,17,18). The van der Waals surface area contributed by atoms with Crippen LogP contribution in [0.5, 0.6) is 0 Å². The molecule has 1 fully saturated rings. The maximum atomic E-state index is 5.53. The van der Waals surface area contributed by atoms with Crippen LogP contribution in [0.4, 0.5) is 11.6 Å². The number of hydrogen-bond donors (Lipinski definition) is 2. The molecule has 2 heterocycles. The lowest BCUT2D eigenvalue weighted by molar-refractivity contribution is 0.301. The Morgan fingerprint density at radius 2 is 1.95 bits per heavy atom. The Labute approximate surface area is 115 Å². The Morgan fingerprint density at radius 1 is 1.26 bits per heavy atom. The molecule has 2 rings (SSSR count). The number of rotatable bonds is 4. The van der Waals surface area contributed by atoms with Gasteiger partial charge in [0.1, 0.15) is 17.5 Å². The van der Waals surface area contributed by atoms with Crippen LogP contribution >= 0.6 is 0 Å². The highest BCUT2D eigenvalue weighted by atomic mass is 15.3. The molecule has 1 saturated heterocycles. The predicted octanol–water partition coefficient (Wildman–Crippen LogP) is 2.40. The maximum absolute atomic E-state index is 5.53. The second-order valence-electron chi connectivity index (χ2n) is 5.59. The largest absolute Gasteiger partial charge is 0.356 e. The van der Waals surface area contributed by atoms with Crippen molar-refractivity contribution in [1.29, 1.82) is 0 Å². The van der Waals surface area contributed by atoms with Gasteiger partial charge in [0.25, 0.3) is 0 Å². The van der Waals surface area contributed by atoms with Gasteiger partial charge in [-0.05, 0) is 38.5 Å². The second-order valence-corrected chi connectivity index (χ2v) is 5.59. The number of aryl methyl sites for hydroxylation is 1. The summed E-state index contributed by atoms with van der Waals surface area (Å²) in [5.74, 6) is 8.06. The van der Waals surface area contributed by atoms with Gasteiger partial charge in [-0.3, -0.25) is 0 Å². The smallest absolute Gasteiger partial charge is 0.148 e. The zero-order valence-corrected chi connectivity index (χ0v) is 12.5. The van der Waals surface area contributed by atoms with E-state index in [1.807, 2.05) is 13.8 Å². The first-order valence-electron chi connectivity index (χ1n) is 7.12. The molecule has 1 aliphatic rings. The average Bonchev–Trinajstić information content (AvgIpc) is 2.86. The Bertz CT molecular complexity index is 453. The van der Waals surface area contributed by atoms with Crippen LogP contribution in [0.25, 0.3) is 0 Å². The summed E-state index contributed by atoms with van der Waals surface area (Å²) < 4.78 is 0. The predicted molar refractivity (Wildman–Crippen MR) is 79.2 cm³/mol. The van der Waals surface area contributed by atoms with E-state index in [0.29, 0.717) is 5.41 Å². The topological polar surface area (TPSA) is 67.1 Å². The molecule has 0 saturated carbocycles. The molecule has 1 aromatic rings. The second kappa shape index (κ2) is 5.33. The van der Waals surface area contributed by atoms with E-state index in [4.69, 9.17) is 5.84 Å². The van der Waals surface area contributed by atoms with Crippen molar-refractivity contribution < 1.29 is 0 Å². The van der Waals surface area contributed by atoms with Crippen LogP contribution in [0, 0.1) is 19.3 Å². The minimum absolute atomic E-state index is 0.446. The summed E-state index contributed by atoms with van der Waals surface area (Å²) in [7, 11) is 0. The number of nitrogens with zero attached hydrogens (tertiary/aromatic N) is 3. The number of aromatic nitrogens is 2. The fourth-order valence-corrected chi connectivity index (χ4v) is 3.01. The quantitative estimate of drug-likeness (QED) is 0.645. The van der Waals surface area contributed by atoms with E-state index in [-0.39, 0.29) is 0 Å². The van der Waals surface area contributed by atoms with Crippen LogP contribution in [0.15, 0.2) is 0 Å². The van der Waals surface area contributed by atoms with Gasteiger partial charge in [0.05, 0.1) is 0 Å². The highest BCUT2D eigenvalue weighted by Gasteiger charge is 2.36. The van der Waals surface area contributed by atoms with E-state index < -0.39 is 0 Å². The van der Waals surface area contributed by atoms with E-state index in [2.05, 4.69) is 34.1 Å². The summed E-state index contributed by atoms with van der Waals surface area (Å²) in [6.07, 6.45) is 3.70. The van der Waals surface area contributed by atoms with Crippen LogP contribution in [-0.4, -0.2) is 23.1 Å². The third-order valence-corrected chi connectivity index (χ3v) is 4.61. The fourth-order valence-electron chi connectivity index (χ4n) is 3.01. The lowest BCUT2D eigenvalue weighted by atomic mass is 9.82. The number of nitrogen functional groups attached to an aromatic ring is 1. The van der Waals surface area contributed by atoms with Crippen LogP contribution in [-0.2, 0) is 0 Å². The van der Waals surface area contributed by atoms with Crippen molar-refractivity contribution in [1.82, 2.24) is 9.97 Å². The zero-order valence-electron chi connectivity index (χ0n) is 12.5. The number of nitrogens with one attached hydrogen (secondary N) is 1. The Hall–Kier alpha value is -1.36. The van der Waals surface area contributed by atoms with Gasteiger partial charge in [0.2, 0.25) is 0 Å². The van der Waals surface area contributed by atoms with Gasteiger partial charge >= 0.3 is 0 Å².